The molecule has 0 aliphatic carbocycles. The molecule has 1 amide bonds. The quantitative estimate of drug-likeness (QED) is 0.861. The van der Waals surface area contributed by atoms with Gasteiger partial charge in [0.05, 0.1) is 11.5 Å². The SMILES string of the molecule is CCCCN(C(=O)c1ccc(CN)cc1)C1CCS(=O)(=O)C1. The van der Waals surface area contributed by atoms with Crippen LogP contribution in [0.3, 0.4) is 0 Å². The first kappa shape index (κ1) is 17.0. The fraction of sp³-hybridized carbons (Fsp3) is 0.562. The molecule has 5 nitrogen and oxygen atoms in total. The summed E-state index contributed by atoms with van der Waals surface area (Å²) in [6.07, 6.45) is 2.39. The van der Waals surface area contributed by atoms with E-state index < -0.39 is 9.84 Å². The van der Waals surface area contributed by atoms with Crippen molar-refractivity contribution in [2.75, 3.05) is 18.1 Å². The van der Waals surface area contributed by atoms with Gasteiger partial charge in [0, 0.05) is 24.7 Å². The molecule has 0 radical (unpaired) electrons. The van der Waals surface area contributed by atoms with Crippen LogP contribution in [0.5, 0.6) is 0 Å². The van der Waals surface area contributed by atoms with E-state index in [0.29, 0.717) is 25.1 Å². The summed E-state index contributed by atoms with van der Waals surface area (Å²) < 4.78 is 23.4. The molecule has 1 aliphatic heterocycles. The van der Waals surface area contributed by atoms with Crippen molar-refractivity contribution >= 4 is 15.7 Å². The molecule has 1 unspecified atom stereocenters. The van der Waals surface area contributed by atoms with Crippen molar-refractivity contribution in [1.29, 1.82) is 0 Å². The summed E-state index contributed by atoms with van der Waals surface area (Å²) >= 11 is 0. The second-order valence-corrected chi connectivity index (χ2v) is 8.04. The average molecular weight is 324 g/mol. The zero-order valence-corrected chi connectivity index (χ0v) is 13.8. The molecule has 1 aromatic rings. The Hall–Kier alpha value is -1.40. The first-order chi connectivity index (χ1) is 10.5. The smallest absolute Gasteiger partial charge is 0.254 e. The number of sulfone groups is 1. The Bertz CT molecular complexity index is 611. The van der Waals surface area contributed by atoms with Crippen LogP contribution in [-0.4, -0.2) is 43.3 Å². The Morgan fingerprint density at radius 3 is 2.50 bits per heavy atom. The molecule has 6 heteroatoms. The summed E-state index contributed by atoms with van der Waals surface area (Å²) in [5, 5.41) is 0. The molecule has 1 aliphatic rings. The van der Waals surface area contributed by atoms with E-state index in [2.05, 4.69) is 6.92 Å². The van der Waals surface area contributed by atoms with Gasteiger partial charge in [-0.05, 0) is 30.5 Å². The minimum absolute atomic E-state index is 0.0841. The number of nitrogens with zero attached hydrogens (tertiary/aromatic N) is 1. The predicted octanol–water partition coefficient (Wildman–Crippen LogP) is 1.57. The van der Waals surface area contributed by atoms with E-state index in [1.165, 1.54) is 0 Å². The number of benzene rings is 1. The fourth-order valence-electron chi connectivity index (χ4n) is 2.75. The maximum Gasteiger partial charge on any atom is 0.254 e. The molecule has 122 valence electrons. The van der Waals surface area contributed by atoms with Crippen molar-refractivity contribution in [2.45, 2.75) is 38.8 Å². The minimum atomic E-state index is -3.00. The largest absolute Gasteiger partial charge is 0.335 e. The van der Waals surface area contributed by atoms with Crippen molar-refractivity contribution in [3.63, 3.8) is 0 Å². The Morgan fingerprint density at radius 2 is 2.00 bits per heavy atom. The predicted molar refractivity (Wildman–Crippen MR) is 87.3 cm³/mol. The second kappa shape index (κ2) is 7.24. The minimum Gasteiger partial charge on any atom is -0.335 e. The first-order valence-electron chi connectivity index (χ1n) is 7.77. The topological polar surface area (TPSA) is 80.5 Å². The molecule has 2 rings (SSSR count). The lowest BCUT2D eigenvalue weighted by Gasteiger charge is -2.28. The van der Waals surface area contributed by atoms with Crippen molar-refractivity contribution in [2.24, 2.45) is 5.73 Å². The lowest BCUT2D eigenvalue weighted by Crippen LogP contribution is -2.41. The Labute approximate surface area is 132 Å². The van der Waals surface area contributed by atoms with Gasteiger partial charge in [0.2, 0.25) is 0 Å². The van der Waals surface area contributed by atoms with E-state index in [1.54, 1.807) is 17.0 Å². The molecule has 22 heavy (non-hydrogen) atoms. The number of unbranched alkanes of at least 4 members (excludes halogenated alkanes) is 1. The molecule has 0 saturated carbocycles. The number of nitrogens with two attached hydrogens (primary N) is 1. The average Bonchev–Trinajstić information content (AvgIpc) is 2.87. The summed E-state index contributed by atoms with van der Waals surface area (Å²) in [6.45, 7) is 3.10. The molecule has 1 fully saturated rings. The van der Waals surface area contributed by atoms with Gasteiger partial charge < -0.3 is 10.6 Å². The van der Waals surface area contributed by atoms with E-state index in [1.807, 2.05) is 12.1 Å². The molecule has 0 aromatic heterocycles. The molecule has 1 heterocycles. The van der Waals surface area contributed by atoms with Crippen LogP contribution in [0.15, 0.2) is 24.3 Å². The van der Waals surface area contributed by atoms with Gasteiger partial charge in [-0.2, -0.15) is 0 Å². The van der Waals surface area contributed by atoms with Crippen LogP contribution < -0.4 is 5.73 Å². The number of carbonyl (C=O) groups is 1. The molecular formula is C16H24N2O3S. The zero-order chi connectivity index (χ0) is 16.2. The van der Waals surface area contributed by atoms with Crippen LogP contribution in [-0.2, 0) is 16.4 Å². The molecule has 1 aromatic carbocycles. The monoisotopic (exact) mass is 324 g/mol. The van der Waals surface area contributed by atoms with E-state index in [4.69, 9.17) is 5.73 Å². The zero-order valence-electron chi connectivity index (χ0n) is 13.0. The molecular weight excluding hydrogens is 300 g/mol. The maximum atomic E-state index is 12.7. The van der Waals surface area contributed by atoms with Crippen LogP contribution in [0, 0.1) is 0 Å². The Balaban J connectivity index is 2.18. The number of carbonyl (C=O) groups excluding carboxylic acids is 1. The van der Waals surface area contributed by atoms with Crippen LogP contribution in [0.4, 0.5) is 0 Å². The van der Waals surface area contributed by atoms with Gasteiger partial charge in [-0.25, -0.2) is 8.42 Å². The van der Waals surface area contributed by atoms with E-state index in [-0.39, 0.29) is 23.5 Å². The third kappa shape index (κ3) is 4.08. The highest BCUT2D eigenvalue weighted by atomic mass is 32.2. The molecule has 0 bridgehead atoms. The van der Waals surface area contributed by atoms with Crippen molar-refractivity contribution < 1.29 is 13.2 Å². The summed E-state index contributed by atoms with van der Waals surface area (Å²) in [4.78, 5) is 14.5. The normalized spacial score (nSPS) is 20.0. The highest BCUT2D eigenvalue weighted by Crippen LogP contribution is 2.21. The van der Waals surface area contributed by atoms with Gasteiger partial charge in [-0.15, -0.1) is 0 Å². The molecule has 2 N–H and O–H groups in total. The molecule has 1 saturated heterocycles. The van der Waals surface area contributed by atoms with Gasteiger partial charge in [0.25, 0.3) is 5.91 Å². The third-order valence-electron chi connectivity index (χ3n) is 4.10. The number of hydrogen-bond acceptors (Lipinski definition) is 4. The highest BCUT2D eigenvalue weighted by molar-refractivity contribution is 7.91. The lowest BCUT2D eigenvalue weighted by molar-refractivity contribution is 0.0694. The van der Waals surface area contributed by atoms with Gasteiger partial charge in [-0.3, -0.25) is 4.79 Å². The molecule has 1 atom stereocenters. The van der Waals surface area contributed by atoms with Crippen LogP contribution in [0.2, 0.25) is 0 Å². The highest BCUT2D eigenvalue weighted by Gasteiger charge is 2.34. The summed E-state index contributed by atoms with van der Waals surface area (Å²) in [5.41, 5.74) is 7.14. The van der Waals surface area contributed by atoms with Crippen molar-refractivity contribution in [1.82, 2.24) is 4.90 Å². The van der Waals surface area contributed by atoms with Crippen LogP contribution in [0.1, 0.15) is 42.1 Å². The fourth-order valence-corrected chi connectivity index (χ4v) is 4.48. The Morgan fingerprint density at radius 1 is 1.32 bits per heavy atom. The van der Waals surface area contributed by atoms with Crippen LogP contribution in [0.25, 0.3) is 0 Å². The number of rotatable bonds is 6. The third-order valence-corrected chi connectivity index (χ3v) is 5.85. The summed E-state index contributed by atoms with van der Waals surface area (Å²) in [5.74, 6) is 0.183. The van der Waals surface area contributed by atoms with Crippen LogP contribution >= 0.6 is 0 Å². The van der Waals surface area contributed by atoms with Crippen molar-refractivity contribution in [3.05, 3.63) is 35.4 Å². The van der Waals surface area contributed by atoms with E-state index in [9.17, 15) is 13.2 Å². The summed E-state index contributed by atoms with van der Waals surface area (Å²) in [6, 6.07) is 7.03. The van der Waals surface area contributed by atoms with Gasteiger partial charge in [-0.1, -0.05) is 25.5 Å². The standard InChI is InChI=1S/C16H24N2O3S/c1-2-3-9-18(15-8-10-22(20,21)12-15)16(19)14-6-4-13(11-17)5-7-14/h4-7,15H,2-3,8-12,17H2,1H3. The second-order valence-electron chi connectivity index (χ2n) is 5.81. The molecule has 0 spiro atoms. The summed E-state index contributed by atoms with van der Waals surface area (Å²) in [7, 11) is -3.00. The van der Waals surface area contributed by atoms with Gasteiger partial charge >= 0.3 is 0 Å². The maximum absolute atomic E-state index is 12.7. The van der Waals surface area contributed by atoms with E-state index in [0.717, 1.165) is 18.4 Å². The lowest BCUT2D eigenvalue weighted by atomic mass is 10.1. The van der Waals surface area contributed by atoms with E-state index >= 15 is 0 Å². The number of hydrogen-bond donors (Lipinski definition) is 1. The number of amides is 1. The Kier molecular flexibility index (Phi) is 5.58. The van der Waals surface area contributed by atoms with Gasteiger partial charge in [0.1, 0.15) is 0 Å². The van der Waals surface area contributed by atoms with Crippen molar-refractivity contribution in [3.8, 4) is 0 Å². The van der Waals surface area contributed by atoms with Gasteiger partial charge in [0.15, 0.2) is 9.84 Å². The first-order valence-corrected chi connectivity index (χ1v) is 9.59.